The van der Waals surface area contributed by atoms with Crippen LogP contribution in [0.25, 0.3) is 0 Å². The van der Waals surface area contributed by atoms with Gasteiger partial charge in [0.15, 0.2) is 5.04 Å². The molecule has 23 heavy (non-hydrogen) atoms. The molecule has 1 N–H and O–H groups in total. The molecule has 2 aliphatic heterocycles. The Morgan fingerprint density at radius 2 is 1.96 bits per heavy atom. The Hall–Kier alpha value is -2.12. The first-order chi connectivity index (χ1) is 10.9. The second-order valence-corrected chi connectivity index (χ2v) is 6.65. The highest BCUT2D eigenvalue weighted by molar-refractivity contribution is 8.18. The van der Waals surface area contributed by atoms with Gasteiger partial charge in [0.1, 0.15) is 5.92 Å². The molecule has 4 amide bonds. The van der Waals surface area contributed by atoms with Gasteiger partial charge in [0.25, 0.3) is 5.91 Å². The molecule has 1 unspecified atom stereocenters. The highest BCUT2D eigenvalue weighted by Gasteiger charge is 2.48. The molecule has 0 fully saturated rings. The number of benzene rings is 1. The highest BCUT2D eigenvalue weighted by Crippen LogP contribution is 2.35. The van der Waals surface area contributed by atoms with Crippen molar-refractivity contribution in [2.24, 2.45) is 5.92 Å². The van der Waals surface area contributed by atoms with Crippen molar-refractivity contribution in [1.82, 2.24) is 4.90 Å². The molecule has 1 aromatic rings. The van der Waals surface area contributed by atoms with E-state index in [1.54, 1.807) is 37.4 Å². The van der Waals surface area contributed by atoms with E-state index in [9.17, 15) is 14.4 Å². The predicted octanol–water partition coefficient (Wildman–Crippen LogP) is 2.16. The number of urea groups is 1. The molecule has 0 radical (unpaired) electrons. The largest absolute Gasteiger partial charge is 0.500 e. The number of hydrogen-bond acceptors (Lipinski definition) is 4. The predicted molar refractivity (Wildman–Crippen MR) is 88.6 cm³/mol. The summed E-state index contributed by atoms with van der Waals surface area (Å²) in [6, 6.07) is 6.32. The minimum atomic E-state index is -0.585. The van der Waals surface area contributed by atoms with Crippen LogP contribution in [0.15, 0.2) is 35.2 Å². The van der Waals surface area contributed by atoms with E-state index < -0.39 is 11.9 Å². The van der Waals surface area contributed by atoms with Crippen molar-refractivity contribution in [1.29, 1.82) is 0 Å². The molecule has 0 aromatic heterocycles. The van der Waals surface area contributed by atoms with Crippen LogP contribution >= 0.6 is 23.4 Å². The van der Waals surface area contributed by atoms with Crippen LogP contribution in [0.3, 0.4) is 0 Å². The Labute approximate surface area is 141 Å². The number of carbonyl (C=O) groups is 3. The summed E-state index contributed by atoms with van der Waals surface area (Å²) in [4.78, 5) is 37.9. The lowest BCUT2D eigenvalue weighted by atomic mass is 10.1. The van der Waals surface area contributed by atoms with E-state index in [1.807, 2.05) is 0 Å². The summed E-state index contributed by atoms with van der Waals surface area (Å²) in [7, 11) is 3.02. The van der Waals surface area contributed by atoms with Gasteiger partial charge >= 0.3 is 11.9 Å². The fourth-order valence-corrected chi connectivity index (χ4v) is 3.57. The van der Waals surface area contributed by atoms with E-state index in [0.717, 1.165) is 16.7 Å². The van der Waals surface area contributed by atoms with Gasteiger partial charge in [-0.3, -0.25) is 4.79 Å². The zero-order valence-corrected chi connectivity index (χ0v) is 13.9. The van der Waals surface area contributed by atoms with E-state index in [0.29, 0.717) is 20.7 Å². The van der Waals surface area contributed by atoms with E-state index >= 15 is 0 Å². The fourth-order valence-electron chi connectivity index (χ4n) is 2.36. The number of hydrogen-bond donors (Lipinski definition) is 1. The van der Waals surface area contributed by atoms with Crippen LogP contribution in [0.4, 0.5) is 10.5 Å². The smallest absolute Gasteiger partial charge is 0.322 e. The molecular formula is C15H13ClN3O3S+. The summed E-state index contributed by atoms with van der Waals surface area (Å²) >= 11 is 6.95. The number of fused-ring (bicyclic) bond motifs is 1. The minimum absolute atomic E-state index is 0.324. The number of rotatable bonds is 2. The molecule has 6 nitrogen and oxygen atoms in total. The zero-order chi connectivity index (χ0) is 16.7. The molecule has 0 saturated carbocycles. The first kappa shape index (κ1) is 15.8. The molecule has 1 aromatic carbocycles. The lowest BCUT2D eigenvalue weighted by molar-refractivity contribution is -0.403. The average molecular weight is 351 g/mol. The van der Waals surface area contributed by atoms with Crippen molar-refractivity contribution in [3.05, 3.63) is 40.3 Å². The van der Waals surface area contributed by atoms with Crippen molar-refractivity contribution in [2.75, 3.05) is 19.4 Å². The molecule has 3 rings (SSSR count). The number of halogens is 1. The normalized spacial score (nSPS) is 20.6. The summed E-state index contributed by atoms with van der Waals surface area (Å²) in [5.74, 6) is -1.24. The van der Waals surface area contributed by atoms with Gasteiger partial charge in [-0.25, -0.2) is 4.79 Å². The number of thioether (sulfide) groups is 1. The highest BCUT2D eigenvalue weighted by atomic mass is 35.5. The van der Waals surface area contributed by atoms with E-state index in [1.165, 1.54) is 11.6 Å². The second kappa shape index (κ2) is 5.82. The van der Waals surface area contributed by atoms with Crippen molar-refractivity contribution in [3.63, 3.8) is 0 Å². The first-order valence-electron chi connectivity index (χ1n) is 6.77. The fraction of sp³-hybridized carbons (Fsp3) is 0.200. The summed E-state index contributed by atoms with van der Waals surface area (Å²) in [5.41, 5.74) is 0.605. The number of carbonyl (C=O) groups excluding carboxylic acids is 3. The van der Waals surface area contributed by atoms with E-state index in [4.69, 9.17) is 11.6 Å². The summed E-state index contributed by atoms with van der Waals surface area (Å²) in [6.45, 7) is 0. The number of imide groups is 1. The number of amides is 4. The second-order valence-electron chi connectivity index (χ2n) is 5.15. The maximum Gasteiger partial charge on any atom is 0.500 e. The molecule has 2 heterocycles. The van der Waals surface area contributed by atoms with Crippen LogP contribution in [-0.4, -0.2) is 46.5 Å². The number of anilines is 1. The molecule has 0 saturated heterocycles. The third-order valence-electron chi connectivity index (χ3n) is 3.63. The summed E-state index contributed by atoms with van der Waals surface area (Å²) < 4.78 is 1.40. The lowest BCUT2D eigenvalue weighted by Crippen LogP contribution is -2.49. The van der Waals surface area contributed by atoms with Gasteiger partial charge in [-0.2, -0.15) is 14.3 Å². The van der Waals surface area contributed by atoms with Crippen molar-refractivity contribution in [3.8, 4) is 0 Å². The lowest BCUT2D eigenvalue weighted by Gasteiger charge is -2.18. The van der Waals surface area contributed by atoms with Crippen molar-refractivity contribution >= 4 is 51.9 Å². The molecular weight excluding hydrogens is 338 g/mol. The Kier molecular flexibility index (Phi) is 3.99. The van der Waals surface area contributed by atoms with Crippen LogP contribution < -0.4 is 5.32 Å². The van der Waals surface area contributed by atoms with Crippen molar-refractivity contribution in [2.45, 2.75) is 0 Å². The molecule has 0 aliphatic carbocycles. The summed E-state index contributed by atoms with van der Waals surface area (Å²) in [5, 5.41) is 3.88. The average Bonchev–Trinajstić information content (AvgIpc) is 2.98. The van der Waals surface area contributed by atoms with Gasteiger partial charge in [-0.1, -0.05) is 11.6 Å². The summed E-state index contributed by atoms with van der Waals surface area (Å²) in [6.07, 6.45) is 1.59. The quantitative estimate of drug-likeness (QED) is 0.830. The van der Waals surface area contributed by atoms with Crippen LogP contribution in [0, 0.1) is 5.92 Å². The van der Waals surface area contributed by atoms with Gasteiger partial charge in [-0.05, 0) is 42.1 Å². The molecule has 118 valence electrons. The van der Waals surface area contributed by atoms with Gasteiger partial charge in [-0.15, -0.1) is 0 Å². The van der Waals surface area contributed by atoms with Gasteiger partial charge in [0.2, 0.25) is 0 Å². The topological polar surface area (TPSA) is 69.5 Å². The third-order valence-corrected chi connectivity index (χ3v) is 5.16. The zero-order valence-electron chi connectivity index (χ0n) is 12.4. The van der Waals surface area contributed by atoms with Gasteiger partial charge in [0, 0.05) is 10.7 Å². The monoisotopic (exact) mass is 350 g/mol. The number of nitrogens with zero attached hydrogens (tertiary/aromatic N) is 2. The molecule has 0 spiro atoms. The number of nitrogens with one attached hydrogen (secondary N) is 1. The molecule has 8 heteroatoms. The van der Waals surface area contributed by atoms with Crippen LogP contribution in [0.2, 0.25) is 5.02 Å². The Balaban J connectivity index is 1.83. The van der Waals surface area contributed by atoms with E-state index in [-0.39, 0.29) is 11.8 Å². The maximum atomic E-state index is 12.3. The van der Waals surface area contributed by atoms with Crippen LogP contribution in [-0.2, 0) is 9.59 Å². The Morgan fingerprint density at radius 1 is 1.30 bits per heavy atom. The standard InChI is InChI=1S/C15H12ClN3O3S/c1-18-13(21)10-7-11(23-14(10)19(2)15(18)22)12(20)17-9-5-3-8(16)4-6-9/h3-7,10H,1-2H3/p+1. The third kappa shape index (κ3) is 2.77. The van der Waals surface area contributed by atoms with Crippen LogP contribution in [0.5, 0.6) is 0 Å². The molecule has 0 bridgehead atoms. The van der Waals surface area contributed by atoms with Gasteiger partial charge < -0.3 is 5.32 Å². The SMILES string of the molecule is CN1C(=O)C2C=C(C(=O)Nc3ccc(Cl)cc3)SC2=[N+](C)C1=O. The first-order valence-corrected chi connectivity index (χ1v) is 7.96. The van der Waals surface area contributed by atoms with Crippen molar-refractivity contribution < 1.29 is 19.0 Å². The van der Waals surface area contributed by atoms with Gasteiger partial charge in [0.05, 0.1) is 19.0 Å². The van der Waals surface area contributed by atoms with Crippen LogP contribution in [0.1, 0.15) is 0 Å². The Bertz CT molecular complexity index is 786. The maximum absolute atomic E-state index is 12.3. The molecule has 1 atom stereocenters. The molecule has 2 aliphatic rings. The minimum Gasteiger partial charge on any atom is -0.322 e. The Morgan fingerprint density at radius 3 is 2.61 bits per heavy atom. The van der Waals surface area contributed by atoms with E-state index in [2.05, 4.69) is 5.32 Å².